The number of hydrogen-bond acceptors (Lipinski definition) is 4. The van der Waals surface area contributed by atoms with Crippen molar-refractivity contribution in [2.24, 2.45) is 0 Å². The van der Waals surface area contributed by atoms with Crippen LogP contribution in [0, 0.1) is 5.41 Å². The molecule has 0 spiro atoms. The fourth-order valence-electron chi connectivity index (χ4n) is 0.717. The molecule has 0 aromatic carbocycles. The van der Waals surface area contributed by atoms with E-state index in [0.29, 0.717) is 25.7 Å². The molecule has 4 nitrogen and oxygen atoms in total. The quantitative estimate of drug-likeness (QED) is 0.608. The van der Waals surface area contributed by atoms with Crippen LogP contribution in [-0.2, 0) is 9.59 Å². The van der Waals surface area contributed by atoms with E-state index in [1.807, 2.05) is 0 Å². The summed E-state index contributed by atoms with van der Waals surface area (Å²) >= 11 is 0. The third-order valence-corrected chi connectivity index (χ3v) is 1.37. The van der Waals surface area contributed by atoms with Gasteiger partial charge in [-0.05, 0) is 20.1 Å². The molecule has 0 saturated heterocycles. The minimum Gasteiger partial charge on any atom is -0.396 e. The summed E-state index contributed by atoms with van der Waals surface area (Å²) in [6.45, 7) is 4.02. The van der Waals surface area contributed by atoms with Crippen molar-refractivity contribution in [2.45, 2.75) is 32.6 Å². The first-order valence-corrected chi connectivity index (χ1v) is 4.14. The highest BCUT2D eigenvalue weighted by Gasteiger charge is 2.02. The Morgan fingerprint density at radius 3 is 2.15 bits per heavy atom. The molecule has 0 unspecified atom stereocenters. The molecule has 0 aliphatic heterocycles. The van der Waals surface area contributed by atoms with Gasteiger partial charge in [-0.15, -0.1) is 0 Å². The van der Waals surface area contributed by atoms with Gasteiger partial charge in [0.25, 0.3) is 0 Å². The molecule has 0 fully saturated rings. The number of ketones is 2. The van der Waals surface area contributed by atoms with Crippen LogP contribution in [0.1, 0.15) is 32.6 Å². The number of rotatable bonds is 6. The molecule has 0 heterocycles. The molecule has 2 N–H and O–H groups in total. The van der Waals surface area contributed by atoms with Gasteiger partial charge in [-0.3, -0.25) is 4.79 Å². The highest BCUT2D eigenvalue weighted by atomic mass is 16.3. The van der Waals surface area contributed by atoms with Gasteiger partial charge < -0.3 is 15.3 Å². The Bertz CT molecular complexity index is 157. The molecule has 0 bridgehead atoms. The van der Waals surface area contributed by atoms with E-state index in [-0.39, 0.29) is 18.2 Å². The van der Waals surface area contributed by atoms with Crippen molar-refractivity contribution in [3.63, 3.8) is 0 Å². The Hall–Kier alpha value is -1.03. The lowest BCUT2D eigenvalue weighted by molar-refractivity contribution is -0.123. The number of hydrogen-bond donors (Lipinski definition) is 2. The second kappa shape index (κ2) is 11.0. The van der Waals surface area contributed by atoms with E-state index in [2.05, 4.69) is 6.72 Å². The summed E-state index contributed by atoms with van der Waals surface area (Å²) in [7, 11) is 0. The molecule has 0 radical (unpaired) electrons. The van der Waals surface area contributed by atoms with Crippen LogP contribution in [0.15, 0.2) is 0 Å². The Morgan fingerprint density at radius 1 is 1.23 bits per heavy atom. The molecule has 4 heteroatoms. The molecule has 0 atom stereocenters. The standard InChI is InChI=1S/C8H14O3.CH3N/c1-7(10)4-5-8(11)3-2-6-9;1-2/h9H,2-6H2,1H3;2H,1H2. The molecule has 0 aromatic heterocycles. The molecular formula is C9H17NO3. The number of Topliss-reactive ketones (excluding diaryl/α,β-unsaturated/α-hetero) is 2. The van der Waals surface area contributed by atoms with Gasteiger partial charge >= 0.3 is 0 Å². The zero-order valence-corrected chi connectivity index (χ0v) is 8.01. The first kappa shape index (κ1) is 14.5. The van der Waals surface area contributed by atoms with E-state index < -0.39 is 0 Å². The molecule has 0 amide bonds. The molecule has 0 rings (SSSR count). The largest absolute Gasteiger partial charge is 0.396 e. The van der Waals surface area contributed by atoms with Crippen LogP contribution in [0.5, 0.6) is 0 Å². The van der Waals surface area contributed by atoms with E-state index in [1.54, 1.807) is 0 Å². The Balaban J connectivity index is 0. The number of aliphatic hydroxyl groups excluding tert-OH is 1. The van der Waals surface area contributed by atoms with Crippen LogP contribution in [-0.4, -0.2) is 30.0 Å². The Kier molecular flexibility index (Phi) is 12.2. The lowest BCUT2D eigenvalue weighted by Crippen LogP contribution is -2.02. The van der Waals surface area contributed by atoms with Crippen molar-refractivity contribution in [1.82, 2.24) is 0 Å². The molecular weight excluding hydrogens is 170 g/mol. The summed E-state index contributed by atoms with van der Waals surface area (Å²) in [6, 6.07) is 0. The lowest BCUT2D eigenvalue weighted by atomic mass is 10.1. The average molecular weight is 187 g/mol. The highest BCUT2D eigenvalue weighted by molar-refractivity contribution is 5.84. The van der Waals surface area contributed by atoms with Crippen molar-refractivity contribution >= 4 is 18.3 Å². The molecule has 76 valence electrons. The first-order valence-electron chi connectivity index (χ1n) is 4.14. The number of carbonyl (C=O) groups excluding carboxylic acids is 2. The van der Waals surface area contributed by atoms with E-state index >= 15 is 0 Å². The summed E-state index contributed by atoms with van der Waals surface area (Å²) in [4.78, 5) is 21.3. The van der Waals surface area contributed by atoms with E-state index in [1.165, 1.54) is 6.92 Å². The maximum Gasteiger partial charge on any atom is 0.133 e. The monoisotopic (exact) mass is 187 g/mol. The van der Waals surface area contributed by atoms with Gasteiger partial charge in [0.05, 0.1) is 0 Å². The van der Waals surface area contributed by atoms with Crippen molar-refractivity contribution in [1.29, 1.82) is 5.41 Å². The van der Waals surface area contributed by atoms with Crippen molar-refractivity contribution < 1.29 is 14.7 Å². The van der Waals surface area contributed by atoms with Gasteiger partial charge in [-0.2, -0.15) is 0 Å². The maximum atomic E-state index is 10.8. The van der Waals surface area contributed by atoms with Gasteiger partial charge in [-0.1, -0.05) is 0 Å². The fraction of sp³-hybridized carbons (Fsp3) is 0.667. The predicted molar refractivity (Wildman–Crippen MR) is 51.1 cm³/mol. The number of aliphatic hydroxyl groups is 1. The van der Waals surface area contributed by atoms with Gasteiger partial charge in [0.1, 0.15) is 11.6 Å². The predicted octanol–water partition coefficient (Wildman–Crippen LogP) is 0.963. The topological polar surface area (TPSA) is 78.2 Å². The highest BCUT2D eigenvalue weighted by Crippen LogP contribution is 1.98. The molecule has 0 saturated carbocycles. The summed E-state index contributed by atoms with van der Waals surface area (Å²) in [6.07, 6.45) is 1.57. The average Bonchev–Trinajstić information content (AvgIpc) is 2.14. The van der Waals surface area contributed by atoms with Crippen molar-refractivity contribution in [3.8, 4) is 0 Å². The van der Waals surface area contributed by atoms with Crippen LogP contribution < -0.4 is 0 Å². The maximum absolute atomic E-state index is 10.8. The van der Waals surface area contributed by atoms with Crippen LogP contribution in [0.25, 0.3) is 0 Å². The van der Waals surface area contributed by atoms with Gasteiger partial charge in [-0.25, -0.2) is 0 Å². The minimum absolute atomic E-state index is 0.0438. The summed E-state index contributed by atoms with van der Waals surface area (Å²) in [5.74, 6) is 0.108. The smallest absolute Gasteiger partial charge is 0.133 e. The molecule has 0 aliphatic rings. The number of carbonyl (C=O) groups is 2. The summed E-state index contributed by atoms with van der Waals surface area (Å²) in [5.41, 5.74) is 0. The van der Waals surface area contributed by atoms with Crippen molar-refractivity contribution in [3.05, 3.63) is 0 Å². The zero-order valence-electron chi connectivity index (χ0n) is 8.01. The van der Waals surface area contributed by atoms with E-state index in [4.69, 9.17) is 10.5 Å². The van der Waals surface area contributed by atoms with Crippen molar-refractivity contribution in [2.75, 3.05) is 6.61 Å². The number of nitrogens with one attached hydrogen (secondary N) is 1. The molecule has 0 aliphatic carbocycles. The second-order valence-electron chi connectivity index (χ2n) is 2.57. The SMILES string of the molecule is C=N.CC(=O)CCC(=O)CCCO. The van der Waals surface area contributed by atoms with Crippen LogP contribution in [0.3, 0.4) is 0 Å². The van der Waals surface area contributed by atoms with Gasteiger partial charge in [0.2, 0.25) is 0 Å². The van der Waals surface area contributed by atoms with E-state index in [9.17, 15) is 9.59 Å². The summed E-state index contributed by atoms with van der Waals surface area (Å²) in [5, 5.41) is 13.9. The lowest BCUT2D eigenvalue weighted by Gasteiger charge is -1.95. The van der Waals surface area contributed by atoms with Crippen LogP contribution in [0.4, 0.5) is 0 Å². The van der Waals surface area contributed by atoms with E-state index in [0.717, 1.165) is 0 Å². The van der Waals surface area contributed by atoms with Gasteiger partial charge in [0, 0.05) is 25.9 Å². The Morgan fingerprint density at radius 2 is 1.77 bits per heavy atom. The Labute approximate surface area is 78.5 Å². The zero-order chi connectivity index (χ0) is 10.7. The third kappa shape index (κ3) is 13.9. The minimum atomic E-state index is 0.0438. The summed E-state index contributed by atoms with van der Waals surface area (Å²) < 4.78 is 0. The first-order chi connectivity index (χ1) is 6.16. The molecule has 13 heavy (non-hydrogen) atoms. The van der Waals surface area contributed by atoms with Crippen LogP contribution >= 0.6 is 0 Å². The molecule has 0 aromatic rings. The third-order valence-electron chi connectivity index (χ3n) is 1.37. The second-order valence-corrected chi connectivity index (χ2v) is 2.57. The normalized spacial score (nSPS) is 8.46. The van der Waals surface area contributed by atoms with Crippen LogP contribution in [0.2, 0.25) is 0 Å². The van der Waals surface area contributed by atoms with Gasteiger partial charge in [0.15, 0.2) is 0 Å². The fourth-order valence-corrected chi connectivity index (χ4v) is 0.717.